The number of Topliss-reactive ketones (excluding diaryl/α,β-unsaturated/α-hetero) is 1. The van der Waals surface area contributed by atoms with Crippen LogP contribution in [0.5, 0.6) is 0 Å². The minimum absolute atomic E-state index is 0.0288. The summed E-state index contributed by atoms with van der Waals surface area (Å²) in [5, 5.41) is 3.56. The minimum Gasteiger partial charge on any atom is -0.316 e. The summed E-state index contributed by atoms with van der Waals surface area (Å²) in [6.45, 7) is 3.55. The van der Waals surface area contributed by atoms with Gasteiger partial charge in [-0.15, -0.1) is 0 Å². The van der Waals surface area contributed by atoms with Gasteiger partial charge in [0.2, 0.25) is 0 Å². The summed E-state index contributed by atoms with van der Waals surface area (Å²) in [4.78, 5) is 12.6. The third-order valence-electron chi connectivity index (χ3n) is 3.63. The van der Waals surface area contributed by atoms with Crippen LogP contribution in [0.3, 0.4) is 0 Å². The molecule has 1 saturated heterocycles. The lowest BCUT2D eigenvalue weighted by molar-refractivity contribution is 0.0801. The van der Waals surface area contributed by atoms with Crippen molar-refractivity contribution < 1.29 is 9.18 Å². The van der Waals surface area contributed by atoms with Gasteiger partial charge in [-0.3, -0.25) is 4.79 Å². The number of carbonyl (C=O) groups excluding carboxylic acids is 1. The Bertz CT molecular complexity index is 455. The number of carbonyl (C=O) groups is 1. The molecular formula is C14H17ClFNO. The molecule has 1 aromatic rings. The molecule has 1 aromatic carbocycles. The first-order valence-corrected chi connectivity index (χ1v) is 6.67. The number of ketones is 1. The van der Waals surface area contributed by atoms with Crippen molar-refractivity contribution in [1.82, 2.24) is 5.32 Å². The zero-order valence-corrected chi connectivity index (χ0v) is 11.2. The fourth-order valence-corrected chi connectivity index (χ4v) is 2.90. The molecule has 1 unspecified atom stereocenters. The van der Waals surface area contributed by atoms with Gasteiger partial charge >= 0.3 is 0 Å². The average molecular weight is 270 g/mol. The number of rotatable bonds is 4. The van der Waals surface area contributed by atoms with Crippen LogP contribution in [0.25, 0.3) is 0 Å². The Morgan fingerprint density at radius 3 is 2.94 bits per heavy atom. The average Bonchev–Trinajstić information content (AvgIpc) is 2.82. The third-order valence-corrected chi connectivity index (χ3v) is 3.96. The molecule has 0 aliphatic carbocycles. The van der Waals surface area contributed by atoms with E-state index in [0.29, 0.717) is 17.1 Å². The lowest BCUT2D eigenvalue weighted by atomic mass is 9.76. The minimum atomic E-state index is -0.416. The SMILES string of the molecule is CCCC1(C(=O)c2cc(F)ccc2Cl)CCNC1. The maximum absolute atomic E-state index is 13.3. The van der Waals surface area contributed by atoms with E-state index in [1.165, 1.54) is 18.2 Å². The van der Waals surface area contributed by atoms with Crippen molar-refractivity contribution in [2.75, 3.05) is 13.1 Å². The van der Waals surface area contributed by atoms with E-state index in [1.807, 2.05) is 0 Å². The fraction of sp³-hybridized carbons (Fsp3) is 0.500. The van der Waals surface area contributed by atoms with E-state index in [9.17, 15) is 9.18 Å². The standard InChI is InChI=1S/C14H17ClFNO/c1-2-5-14(6-7-17-9-14)13(18)11-8-10(16)3-4-12(11)15/h3-4,8,17H,2,5-7,9H2,1H3. The van der Waals surface area contributed by atoms with Crippen LogP contribution >= 0.6 is 11.6 Å². The van der Waals surface area contributed by atoms with Crippen molar-refractivity contribution in [1.29, 1.82) is 0 Å². The molecule has 0 amide bonds. The maximum atomic E-state index is 13.3. The molecule has 1 aliphatic heterocycles. The first kappa shape index (κ1) is 13.5. The van der Waals surface area contributed by atoms with Crippen LogP contribution in [0, 0.1) is 11.2 Å². The van der Waals surface area contributed by atoms with E-state index in [4.69, 9.17) is 11.6 Å². The van der Waals surface area contributed by atoms with Crippen LogP contribution in [-0.2, 0) is 0 Å². The van der Waals surface area contributed by atoms with Gasteiger partial charge in [-0.25, -0.2) is 4.39 Å². The monoisotopic (exact) mass is 269 g/mol. The highest BCUT2D eigenvalue weighted by molar-refractivity contribution is 6.34. The molecular weight excluding hydrogens is 253 g/mol. The predicted molar refractivity (Wildman–Crippen MR) is 70.6 cm³/mol. The van der Waals surface area contributed by atoms with Crippen LogP contribution in [0.15, 0.2) is 18.2 Å². The topological polar surface area (TPSA) is 29.1 Å². The van der Waals surface area contributed by atoms with Gasteiger partial charge in [-0.05, 0) is 37.6 Å². The largest absolute Gasteiger partial charge is 0.316 e. The number of nitrogens with one attached hydrogen (secondary N) is 1. The van der Waals surface area contributed by atoms with Crippen LogP contribution in [-0.4, -0.2) is 18.9 Å². The molecule has 1 heterocycles. The maximum Gasteiger partial charge on any atom is 0.171 e. The van der Waals surface area contributed by atoms with Crippen molar-refractivity contribution in [2.45, 2.75) is 26.2 Å². The summed E-state index contributed by atoms with van der Waals surface area (Å²) >= 11 is 6.02. The fourth-order valence-electron chi connectivity index (χ4n) is 2.70. The highest BCUT2D eigenvalue weighted by Crippen LogP contribution is 2.36. The van der Waals surface area contributed by atoms with Crippen molar-refractivity contribution >= 4 is 17.4 Å². The molecule has 1 fully saturated rings. The van der Waals surface area contributed by atoms with Gasteiger partial charge in [0.25, 0.3) is 0 Å². The lowest BCUT2D eigenvalue weighted by Gasteiger charge is -2.26. The van der Waals surface area contributed by atoms with Gasteiger partial charge in [0.1, 0.15) is 5.82 Å². The van der Waals surface area contributed by atoms with E-state index in [2.05, 4.69) is 12.2 Å². The van der Waals surface area contributed by atoms with Gasteiger partial charge in [0.05, 0.1) is 5.02 Å². The number of halogens is 2. The Kier molecular flexibility index (Phi) is 4.03. The van der Waals surface area contributed by atoms with Gasteiger partial charge < -0.3 is 5.32 Å². The molecule has 2 nitrogen and oxygen atoms in total. The first-order chi connectivity index (χ1) is 8.59. The van der Waals surface area contributed by atoms with Crippen LogP contribution < -0.4 is 5.32 Å². The van der Waals surface area contributed by atoms with E-state index >= 15 is 0 Å². The Morgan fingerprint density at radius 1 is 1.56 bits per heavy atom. The normalized spacial score (nSPS) is 23.3. The second-order valence-corrected chi connectivity index (χ2v) is 5.32. The Labute approximate surface area is 112 Å². The molecule has 1 N–H and O–H groups in total. The summed E-state index contributed by atoms with van der Waals surface area (Å²) in [5.41, 5.74) is -0.0968. The molecule has 0 spiro atoms. The molecule has 0 aromatic heterocycles. The van der Waals surface area contributed by atoms with Crippen molar-refractivity contribution in [3.63, 3.8) is 0 Å². The van der Waals surface area contributed by atoms with Crippen LogP contribution in [0.4, 0.5) is 4.39 Å². The second-order valence-electron chi connectivity index (χ2n) is 4.91. The Morgan fingerprint density at radius 2 is 2.33 bits per heavy atom. The zero-order valence-electron chi connectivity index (χ0n) is 10.4. The third kappa shape index (κ3) is 2.43. The molecule has 98 valence electrons. The summed E-state index contributed by atoms with van der Waals surface area (Å²) in [6.07, 6.45) is 2.54. The molecule has 1 aliphatic rings. The highest BCUT2D eigenvalue weighted by Gasteiger charge is 2.41. The summed E-state index contributed by atoms with van der Waals surface area (Å²) in [5.74, 6) is -0.445. The number of hydrogen-bond acceptors (Lipinski definition) is 2. The smallest absolute Gasteiger partial charge is 0.171 e. The Balaban J connectivity index is 2.36. The molecule has 1 atom stereocenters. The molecule has 2 rings (SSSR count). The summed E-state index contributed by atoms with van der Waals surface area (Å²) in [7, 11) is 0. The molecule has 4 heteroatoms. The van der Waals surface area contributed by atoms with Crippen molar-refractivity contribution in [2.24, 2.45) is 5.41 Å². The molecule has 0 bridgehead atoms. The van der Waals surface area contributed by atoms with E-state index in [1.54, 1.807) is 0 Å². The molecule has 18 heavy (non-hydrogen) atoms. The van der Waals surface area contributed by atoms with Gasteiger partial charge in [0, 0.05) is 17.5 Å². The number of benzene rings is 1. The van der Waals surface area contributed by atoms with Gasteiger partial charge in [-0.2, -0.15) is 0 Å². The molecule has 0 saturated carbocycles. The summed E-state index contributed by atoms with van der Waals surface area (Å²) in [6, 6.07) is 3.98. The number of hydrogen-bond donors (Lipinski definition) is 1. The Hall–Kier alpha value is -0.930. The van der Waals surface area contributed by atoms with E-state index in [-0.39, 0.29) is 5.78 Å². The van der Waals surface area contributed by atoms with Crippen molar-refractivity contribution in [3.05, 3.63) is 34.6 Å². The van der Waals surface area contributed by atoms with Crippen molar-refractivity contribution in [3.8, 4) is 0 Å². The quantitative estimate of drug-likeness (QED) is 0.849. The predicted octanol–water partition coefficient (Wildman–Crippen LogP) is 3.44. The second kappa shape index (κ2) is 5.37. The first-order valence-electron chi connectivity index (χ1n) is 6.29. The van der Waals surface area contributed by atoms with Gasteiger partial charge in [0.15, 0.2) is 5.78 Å². The molecule has 0 radical (unpaired) electrons. The van der Waals surface area contributed by atoms with Crippen LogP contribution in [0.2, 0.25) is 5.02 Å². The van der Waals surface area contributed by atoms with Gasteiger partial charge in [-0.1, -0.05) is 24.9 Å². The van der Waals surface area contributed by atoms with Crippen LogP contribution in [0.1, 0.15) is 36.5 Å². The zero-order chi connectivity index (χ0) is 13.2. The lowest BCUT2D eigenvalue weighted by Crippen LogP contribution is -2.33. The summed E-state index contributed by atoms with van der Waals surface area (Å²) < 4.78 is 13.3. The highest BCUT2D eigenvalue weighted by atomic mass is 35.5. The van der Waals surface area contributed by atoms with E-state index < -0.39 is 11.2 Å². The van der Waals surface area contributed by atoms with E-state index in [0.717, 1.165) is 25.8 Å².